The summed E-state index contributed by atoms with van der Waals surface area (Å²) in [5.74, 6) is 0.0676. The molecule has 2 aromatic carbocycles. The Morgan fingerprint density at radius 3 is 2.56 bits per heavy atom. The van der Waals surface area contributed by atoms with Crippen molar-refractivity contribution in [1.82, 2.24) is 0 Å². The monoisotopic (exact) mass is 230 g/mol. The Hall–Kier alpha value is -2.41. The molecule has 18 heavy (non-hydrogen) atoms. The first-order chi connectivity index (χ1) is 8.81. The van der Waals surface area contributed by atoms with Crippen LogP contribution in [0.2, 0.25) is 0 Å². The number of carbonyl (C=O) groups is 1. The third-order valence-corrected chi connectivity index (χ3v) is 3.54. The highest BCUT2D eigenvalue weighted by atomic mass is 16.1. The second-order valence-corrected chi connectivity index (χ2v) is 4.68. The summed E-state index contributed by atoms with van der Waals surface area (Å²) in [6.07, 6.45) is 7.41. The van der Waals surface area contributed by atoms with Crippen molar-refractivity contribution in [3.8, 4) is 0 Å². The van der Waals surface area contributed by atoms with Crippen molar-refractivity contribution in [3.63, 3.8) is 0 Å². The molecule has 0 aliphatic heterocycles. The maximum Gasteiger partial charge on any atom is 0.179 e. The third-order valence-electron chi connectivity index (χ3n) is 3.54. The minimum atomic E-state index is 0.0676. The average Bonchev–Trinajstić information content (AvgIpc) is 2.73. The predicted octanol–water partition coefficient (Wildman–Crippen LogP) is 1.49. The van der Waals surface area contributed by atoms with Crippen molar-refractivity contribution in [1.29, 1.82) is 0 Å². The van der Waals surface area contributed by atoms with Crippen LogP contribution in [-0.2, 0) is 4.79 Å². The Bertz CT molecular complexity index is 931. The van der Waals surface area contributed by atoms with Crippen LogP contribution in [0.4, 0.5) is 0 Å². The van der Waals surface area contributed by atoms with Crippen LogP contribution in [0.15, 0.2) is 42.5 Å². The lowest BCUT2D eigenvalue weighted by Gasteiger charge is -2.02. The summed E-state index contributed by atoms with van der Waals surface area (Å²) >= 11 is 0. The smallest absolute Gasteiger partial charge is 0.179 e. The fourth-order valence-corrected chi connectivity index (χ4v) is 2.68. The van der Waals surface area contributed by atoms with Gasteiger partial charge in [-0.25, -0.2) is 0 Å². The second-order valence-electron chi connectivity index (χ2n) is 4.68. The number of hydrogen-bond donors (Lipinski definition) is 0. The van der Waals surface area contributed by atoms with Crippen molar-refractivity contribution in [2.45, 2.75) is 0 Å². The van der Waals surface area contributed by atoms with E-state index in [0.29, 0.717) is 0 Å². The van der Waals surface area contributed by atoms with Crippen molar-refractivity contribution < 1.29 is 4.79 Å². The van der Waals surface area contributed by atoms with Gasteiger partial charge in [-0.05, 0) is 62.4 Å². The van der Waals surface area contributed by atoms with Crippen LogP contribution < -0.4 is 10.4 Å². The lowest BCUT2D eigenvalue weighted by molar-refractivity contribution is -0.109. The molecule has 0 N–H and O–H groups in total. The molecule has 0 atom stereocenters. The van der Waals surface area contributed by atoms with E-state index in [1.807, 2.05) is 6.08 Å². The molecule has 4 rings (SSSR count). The van der Waals surface area contributed by atoms with E-state index in [9.17, 15) is 4.79 Å². The molecule has 0 radical (unpaired) electrons. The molecular weight excluding hydrogens is 220 g/mol. The first-order valence-electron chi connectivity index (χ1n) is 6.00. The topological polar surface area (TPSA) is 17.1 Å². The molecule has 1 nitrogen and oxygen atoms in total. The van der Waals surface area contributed by atoms with Gasteiger partial charge in [0.2, 0.25) is 0 Å². The zero-order valence-electron chi connectivity index (χ0n) is 9.68. The molecule has 84 valence electrons. The van der Waals surface area contributed by atoms with Gasteiger partial charge in [-0.2, -0.15) is 0 Å². The molecule has 0 bridgehead atoms. The summed E-state index contributed by atoms with van der Waals surface area (Å²) < 4.78 is 0. The van der Waals surface area contributed by atoms with Gasteiger partial charge in [0.15, 0.2) is 5.78 Å². The lowest BCUT2D eigenvalue weighted by atomic mass is 10.0. The average molecular weight is 230 g/mol. The molecule has 0 saturated carbocycles. The molecule has 0 saturated heterocycles. The number of ketones is 1. The summed E-state index contributed by atoms with van der Waals surface area (Å²) in [6.45, 7) is 0. The first kappa shape index (κ1) is 9.60. The number of benzene rings is 2. The summed E-state index contributed by atoms with van der Waals surface area (Å²) in [5.41, 5.74) is 2.33. The van der Waals surface area contributed by atoms with Gasteiger partial charge < -0.3 is 0 Å². The van der Waals surface area contributed by atoms with Crippen LogP contribution in [0, 0.1) is 10.4 Å². The minimum Gasteiger partial charge on any atom is -0.290 e. The molecule has 2 aliphatic carbocycles. The van der Waals surface area contributed by atoms with E-state index in [2.05, 4.69) is 42.5 Å². The van der Waals surface area contributed by atoms with E-state index in [4.69, 9.17) is 0 Å². The van der Waals surface area contributed by atoms with Gasteiger partial charge in [0.25, 0.3) is 0 Å². The highest BCUT2D eigenvalue weighted by Gasteiger charge is 2.07. The number of rotatable bonds is 0. The zero-order valence-corrected chi connectivity index (χ0v) is 9.68. The molecule has 2 aliphatic rings. The number of carbonyl (C=O) groups excluding carboxylic acids is 1. The van der Waals surface area contributed by atoms with Gasteiger partial charge in [-0.15, -0.1) is 0 Å². The Labute approximate surface area is 104 Å². The van der Waals surface area contributed by atoms with E-state index < -0.39 is 0 Å². The second kappa shape index (κ2) is 3.30. The summed E-state index contributed by atoms with van der Waals surface area (Å²) in [6, 6.07) is 12.7. The fourth-order valence-electron chi connectivity index (χ4n) is 2.68. The zero-order chi connectivity index (χ0) is 12.1. The molecule has 0 amide bonds. The third kappa shape index (κ3) is 1.25. The highest BCUT2D eigenvalue weighted by Crippen LogP contribution is 2.12. The SMILES string of the molecule is O=C1C=Cc2cc3c(cc2=C1)C=c1ccccc1=3. The fraction of sp³-hybridized carbons (Fsp3) is 0. The number of fused-ring (bicyclic) bond motifs is 3. The van der Waals surface area contributed by atoms with Gasteiger partial charge in [0.1, 0.15) is 0 Å². The largest absolute Gasteiger partial charge is 0.290 e. The van der Waals surface area contributed by atoms with E-state index in [0.717, 1.165) is 10.8 Å². The van der Waals surface area contributed by atoms with E-state index in [1.54, 1.807) is 12.2 Å². The number of allylic oxidation sites excluding steroid dienone is 1. The molecule has 0 spiro atoms. The molecular formula is C17H10O. The lowest BCUT2D eigenvalue weighted by Crippen LogP contribution is -2.12. The van der Waals surface area contributed by atoms with Gasteiger partial charge in [0, 0.05) is 0 Å². The normalized spacial score (nSPS) is 14.3. The maximum atomic E-state index is 11.4. The van der Waals surface area contributed by atoms with Gasteiger partial charge >= 0.3 is 0 Å². The standard InChI is InChI=1S/C17H10O/c18-15-6-5-11-10-17-14(8-13(11)9-15)7-12-3-1-2-4-16(12)17/h1-10H. The first-order valence-corrected chi connectivity index (χ1v) is 6.00. The Kier molecular flexibility index (Phi) is 1.76. The minimum absolute atomic E-state index is 0.0676. The summed E-state index contributed by atoms with van der Waals surface area (Å²) in [5, 5.41) is 4.81. The van der Waals surface area contributed by atoms with Crippen LogP contribution in [0.5, 0.6) is 0 Å². The molecule has 2 aromatic rings. The number of hydrogen-bond acceptors (Lipinski definition) is 1. The molecule has 1 heteroatoms. The van der Waals surface area contributed by atoms with Crippen molar-refractivity contribution in [2.75, 3.05) is 0 Å². The molecule has 0 heterocycles. The molecule has 0 aromatic heterocycles. The van der Waals surface area contributed by atoms with Crippen LogP contribution in [0.3, 0.4) is 0 Å². The van der Waals surface area contributed by atoms with E-state index in [1.165, 1.54) is 21.2 Å². The van der Waals surface area contributed by atoms with Crippen LogP contribution in [0.25, 0.3) is 18.2 Å². The van der Waals surface area contributed by atoms with Gasteiger partial charge in [0.05, 0.1) is 0 Å². The van der Waals surface area contributed by atoms with Crippen LogP contribution >= 0.6 is 0 Å². The molecule has 0 fully saturated rings. The molecule has 0 unspecified atom stereocenters. The Morgan fingerprint density at radius 1 is 0.722 bits per heavy atom. The van der Waals surface area contributed by atoms with E-state index >= 15 is 0 Å². The van der Waals surface area contributed by atoms with Crippen molar-refractivity contribution in [2.24, 2.45) is 0 Å². The van der Waals surface area contributed by atoms with Crippen LogP contribution in [0.1, 0.15) is 11.1 Å². The Morgan fingerprint density at radius 2 is 1.61 bits per heavy atom. The quantitative estimate of drug-likeness (QED) is 0.572. The van der Waals surface area contributed by atoms with Crippen LogP contribution in [-0.4, -0.2) is 5.78 Å². The van der Waals surface area contributed by atoms with Crippen molar-refractivity contribution in [3.05, 3.63) is 74.5 Å². The van der Waals surface area contributed by atoms with Crippen molar-refractivity contribution >= 4 is 24.0 Å². The van der Waals surface area contributed by atoms with E-state index in [-0.39, 0.29) is 5.78 Å². The van der Waals surface area contributed by atoms with Gasteiger partial charge in [-0.3, -0.25) is 4.79 Å². The maximum absolute atomic E-state index is 11.4. The Balaban J connectivity index is 2.22. The highest BCUT2D eigenvalue weighted by molar-refractivity contribution is 6.16. The summed E-state index contributed by atoms with van der Waals surface area (Å²) in [7, 11) is 0. The van der Waals surface area contributed by atoms with Gasteiger partial charge in [-0.1, -0.05) is 30.3 Å². The summed E-state index contributed by atoms with van der Waals surface area (Å²) in [4.78, 5) is 11.4. The predicted molar refractivity (Wildman–Crippen MR) is 71.9 cm³/mol.